The van der Waals surface area contributed by atoms with E-state index in [4.69, 9.17) is 0 Å². The summed E-state index contributed by atoms with van der Waals surface area (Å²) in [6, 6.07) is 9.69. The molecule has 0 bridgehead atoms. The Morgan fingerprint density at radius 2 is 2.04 bits per heavy atom. The number of carbonyl (C=O) groups is 2. The lowest BCUT2D eigenvalue weighted by atomic mass is 10.0. The smallest absolute Gasteiger partial charge is 0.251 e. The van der Waals surface area contributed by atoms with Crippen molar-refractivity contribution >= 4 is 28.8 Å². The summed E-state index contributed by atoms with van der Waals surface area (Å²) in [7, 11) is 0. The van der Waals surface area contributed by atoms with Crippen LogP contribution in [0.25, 0.3) is 0 Å². The topological polar surface area (TPSA) is 49.4 Å². The maximum atomic E-state index is 12.7. The van der Waals surface area contributed by atoms with Gasteiger partial charge in [-0.1, -0.05) is 19.9 Å². The van der Waals surface area contributed by atoms with E-state index in [1.54, 1.807) is 29.2 Å². The summed E-state index contributed by atoms with van der Waals surface area (Å²) in [5.74, 6) is 0.296. The maximum Gasteiger partial charge on any atom is 0.251 e. The van der Waals surface area contributed by atoms with E-state index >= 15 is 0 Å². The number of nitrogens with one attached hydrogen (secondary N) is 1. The van der Waals surface area contributed by atoms with Crippen molar-refractivity contribution < 1.29 is 9.59 Å². The summed E-state index contributed by atoms with van der Waals surface area (Å²) in [6.07, 6.45) is 0.800. The number of hydrogen-bond donors (Lipinski definition) is 1. The van der Waals surface area contributed by atoms with Crippen LogP contribution in [0.15, 0.2) is 35.7 Å². The highest BCUT2D eigenvalue weighted by molar-refractivity contribution is 7.10. The SMILES string of the molecule is CC(=O)N1CCc2cc(C(=O)NC(c3cccs3)C(C)C)ccc21. The number of nitrogens with zero attached hydrogens (tertiary/aromatic N) is 1. The minimum atomic E-state index is -0.0637. The molecule has 1 aliphatic heterocycles. The molecular weight excluding hydrogens is 320 g/mol. The van der Waals surface area contributed by atoms with Gasteiger partial charge in [0.1, 0.15) is 0 Å². The summed E-state index contributed by atoms with van der Waals surface area (Å²) >= 11 is 1.66. The molecule has 2 aromatic rings. The first-order valence-corrected chi connectivity index (χ1v) is 9.10. The zero-order chi connectivity index (χ0) is 17.3. The standard InChI is InChI=1S/C19H22N2O2S/c1-12(2)18(17-5-4-10-24-17)20-19(23)15-6-7-16-14(11-15)8-9-21(16)13(3)22/h4-7,10-12,18H,8-9H2,1-3H3,(H,20,23). The molecular formula is C19H22N2O2S. The van der Waals surface area contributed by atoms with E-state index < -0.39 is 0 Å². The van der Waals surface area contributed by atoms with Crippen molar-refractivity contribution in [2.75, 3.05) is 11.4 Å². The second-order valence-corrected chi connectivity index (χ2v) is 7.45. The second-order valence-electron chi connectivity index (χ2n) is 6.47. The van der Waals surface area contributed by atoms with E-state index in [-0.39, 0.29) is 17.9 Å². The zero-order valence-electron chi connectivity index (χ0n) is 14.2. The predicted octanol–water partition coefficient (Wildman–Crippen LogP) is 3.78. The third-order valence-corrected chi connectivity index (χ3v) is 5.38. The van der Waals surface area contributed by atoms with Crippen molar-refractivity contribution in [1.82, 2.24) is 5.32 Å². The molecule has 0 fully saturated rings. The fourth-order valence-electron chi connectivity index (χ4n) is 3.13. The molecule has 3 rings (SSSR count). The summed E-state index contributed by atoms with van der Waals surface area (Å²) in [5, 5.41) is 5.18. The molecule has 1 unspecified atom stereocenters. The highest BCUT2D eigenvalue weighted by Crippen LogP contribution is 2.30. The fraction of sp³-hybridized carbons (Fsp3) is 0.368. The van der Waals surface area contributed by atoms with Crippen molar-refractivity contribution in [2.24, 2.45) is 5.92 Å². The Morgan fingerprint density at radius 1 is 1.25 bits per heavy atom. The van der Waals surface area contributed by atoms with Gasteiger partial charge in [0.15, 0.2) is 0 Å². The largest absolute Gasteiger partial charge is 0.344 e. The number of thiophene rings is 1. The molecule has 0 saturated heterocycles. The van der Waals surface area contributed by atoms with Gasteiger partial charge in [0.2, 0.25) is 5.91 Å². The summed E-state index contributed by atoms with van der Waals surface area (Å²) in [6.45, 7) is 6.49. The van der Waals surface area contributed by atoms with Crippen LogP contribution >= 0.6 is 11.3 Å². The van der Waals surface area contributed by atoms with Gasteiger partial charge in [0.05, 0.1) is 6.04 Å². The van der Waals surface area contributed by atoms with Gasteiger partial charge in [0.25, 0.3) is 5.91 Å². The average molecular weight is 342 g/mol. The number of amides is 2. The molecule has 2 amide bonds. The van der Waals surface area contributed by atoms with E-state index in [2.05, 4.69) is 25.2 Å². The molecule has 0 spiro atoms. The van der Waals surface area contributed by atoms with Crippen molar-refractivity contribution in [3.8, 4) is 0 Å². The Labute approximate surface area is 146 Å². The Kier molecular flexibility index (Phi) is 4.71. The first kappa shape index (κ1) is 16.7. The summed E-state index contributed by atoms with van der Waals surface area (Å²) in [4.78, 5) is 27.2. The van der Waals surface area contributed by atoms with E-state index in [1.807, 2.05) is 23.6 Å². The molecule has 1 N–H and O–H groups in total. The Balaban J connectivity index is 1.80. The Hall–Kier alpha value is -2.14. The van der Waals surface area contributed by atoms with Gasteiger partial charge in [-0.3, -0.25) is 9.59 Å². The summed E-state index contributed by atoms with van der Waals surface area (Å²) < 4.78 is 0. The molecule has 126 valence electrons. The van der Waals surface area contributed by atoms with Crippen molar-refractivity contribution in [2.45, 2.75) is 33.2 Å². The molecule has 1 atom stereocenters. The average Bonchev–Trinajstić information content (AvgIpc) is 3.20. The van der Waals surface area contributed by atoms with E-state index in [1.165, 1.54) is 4.88 Å². The van der Waals surface area contributed by atoms with Crippen molar-refractivity contribution in [3.63, 3.8) is 0 Å². The van der Waals surface area contributed by atoms with Gasteiger partial charge >= 0.3 is 0 Å². The molecule has 4 nitrogen and oxygen atoms in total. The van der Waals surface area contributed by atoms with Crippen LogP contribution in [0.4, 0.5) is 5.69 Å². The maximum absolute atomic E-state index is 12.7. The van der Waals surface area contributed by atoms with E-state index in [0.29, 0.717) is 18.0 Å². The lowest BCUT2D eigenvalue weighted by Crippen LogP contribution is -2.31. The van der Waals surface area contributed by atoms with Crippen LogP contribution in [-0.4, -0.2) is 18.4 Å². The number of fused-ring (bicyclic) bond motifs is 1. The Morgan fingerprint density at radius 3 is 2.67 bits per heavy atom. The van der Waals surface area contributed by atoms with Crippen LogP contribution in [0.3, 0.4) is 0 Å². The molecule has 0 saturated carbocycles. The third-order valence-electron chi connectivity index (χ3n) is 4.42. The van der Waals surface area contributed by atoms with Crippen LogP contribution in [-0.2, 0) is 11.2 Å². The van der Waals surface area contributed by atoms with Gasteiger partial charge in [-0.2, -0.15) is 0 Å². The minimum Gasteiger partial charge on any atom is -0.344 e. The highest BCUT2D eigenvalue weighted by atomic mass is 32.1. The molecule has 1 aromatic heterocycles. The number of carbonyl (C=O) groups excluding carboxylic acids is 2. The van der Waals surface area contributed by atoms with Gasteiger partial charge in [-0.05, 0) is 47.5 Å². The minimum absolute atomic E-state index is 0.0134. The number of rotatable bonds is 4. The molecule has 24 heavy (non-hydrogen) atoms. The van der Waals surface area contributed by atoms with Crippen LogP contribution in [0.5, 0.6) is 0 Å². The normalized spacial score (nSPS) is 14.6. The molecule has 1 aromatic carbocycles. The van der Waals surface area contributed by atoms with Crippen LogP contribution in [0, 0.1) is 5.92 Å². The first-order valence-electron chi connectivity index (χ1n) is 8.22. The second kappa shape index (κ2) is 6.77. The predicted molar refractivity (Wildman–Crippen MR) is 97.5 cm³/mol. The molecule has 5 heteroatoms. The van der Waals surface area contributed by atoms with Gasteiger partial charge in [-0.15, -0.1) is 11.3 Å². The Bertz CT molecular complexity index is 753. The van der Waals surface area contributed by atoms with Gasteiger partial charge in [0, 0.05) is 29.6 Å². The molecule has 2 heterocycles. The molecule has 0 radical (unpaired) electrons. The number of anilines is 1. The van der Waals surface area contributed by atoms with Crippen molar-refractivity contribution in [3.05, 3.63) is 51.7 Å². The van der Waals surface area contributed by atoms with Crippen LogP contribution < -0.4 is 10.2 Å². The third kappa shape index (κ3) is 3.22. The molecule has 1 aliphatic rings. The molecule has 0 aliphatic carbocycles. The van der Waals surface area contributed by atoms with Crippen LogP contribution in [0.2, 0.25) is 0 Å². The van der Waals surface area contributed by atoms with Gasteiger partial charge in [-0.25, -0.2) is 0 Å². The van der Waals surface area contributed by atoms with Crippen LogP contribution in [0.1, 0.15) is 47.6 Å². The summed E-state index contributed by atoms with van der Waals surface area (Å²) in [5.41, 5.74) is 2.65. The van der Waals surface area contributed by atoms with Gasteiger partial charge < -0.3 is 10.2 Å². The monoisotopic (exact) mass is 342 g/mol. The number of hydrogen-bond acceptors (Lipinski definition) is 3. The first-order chi connectivity index (χ1) is 11.5. The highest BCUT2D eigenvalue weighted by Gasteiger charge is 2.24. The number of benzene rings is 1. The lowest BCUT2D eigenvalue weighted by Gasteiger charge is -2.21. The van der Waals surface area contributed by atoms with Crippen molar-refractivity contribution in [1.29, 1.82) is 0 Å². The zero-order valence-corrected chi connectivity index (χ0v) is 15.0. The lowest BCUT2D eigenvalue weighted by molar-refractivity contribution is -0.116. The quantitative estimate of drug-likeness (QED) is 0.919. The van der Waals surface area contributed by atoms with E-state index in [9.17, 15) is 9.59 Å². The fourth-order valence-corrected chi connectivity index (χ4v) is 4.08. The van der Waals surface area contributed by atoms with E-state index in [0.717, 1.165) is 17.7 Å².